The van der Waals surface area contributed by atoms with Gasteiger partial charge in [-0.1, -0.05) is 368 Å². The molecule has 94 heavy (non-hydrogen) atoms. The first kappa shape index (κ1) is 91.8. The van der Waals surface area contributed by atoms with Gasteiger partial charge in [0.15, 0.2) is 0 Å². The van der Waals surface area contributed by atoms with Crippen LogP contribution in [0.15, 0.2) is 0 Å². The van der Waals surface area contributed by atoms with E-state index in [2.05, 4.69) is 64.1 Å². The lowest BCUT2D eigenvalue weighted by molar-refractivity contribution is -0.122. The van der Waals surface area contributed by atoms with Crippen molar-refractivity contribution in [1.82, 2.24) is 36.4 Å². The molecule has 0 heterocycles. The molecule has 0 bridgehead atoms. The van der Waals surface area contributed by atoms with Gasteiger partial charge in [-0.2, -0.15) is 0 Å². The number of nitrogens with one attached hydrogen (secondary N) is 5. The predicted octanol–water partition coefficient (Wildman–Crippen LogP) is 22.3. The Bertz CT molecular complexity index is 1490. The van der Waals surface area contributed by atoms with Crippen molar-refractivity contribution < 1.29 is 19.2 Å². The van der Waals surface area contributed by atoms with Crippen LogP contribution in [-0.4, -0.2) is 112 Å². The number of amides is 4. The van der Waals surface area contributed by atoms with Crippen LogP contribution in [0.3, 0.4) is 0 Å². The molecule has 4 amide bonds. The number of carbonyl (C=O) groups excluding carboxylic acids is 4. The normalized spacial score (nSPS) is 11.6. The maximum absolute atomic E-state index is 13.3. The molecule has 0 aromatic carbocycles. The summed E-state index contributed by atoms with van der Waals surface area (Å²) in [5, 5.41) is 16.5. The van der Waals surface area contributed by atoms with E-state index in [0.29, 0.717) is 45.3 Å². The SMILES string of the molecule is CCCCCCCCCCCCCCCCNC(=O)CCCCCNCCN(CCC(=O)NCCCCCCCCCCCCCCCC)CCN(CCC(=O)NCCCCCCCCCCCCCCCC)CCC(=O)NCCCCCCCCCCCCCCCC. The number of carbonyl (C=O) groups is 4. The maximum Gasteiger partial charge on any atom is 0.221 e. The lowest BCUT2D eigenvalue weighted by Crippen LogP contribution is -2.42. The summed E-state index contributed by atoms with van der Waals surface area (Å²) in [6.45, 7) is 18.1. The standard InChI is InChI=1S/C83H167N7O4/c1-5-9-13-17-21-25-29-33-37-41-45-49-53-60-69-85-80(91)64-58-57-59-68-84-73-77-90(76-67-83(94)88-72-63-56-52-48-44-40-36-32-28-24-20-16-12-8-4)79-78-89(74-65-81(92)86-70-61-54-50-46-42-38-34-30-26-22-18-14-10-6-2)75-66-82(93)87-71-62-55-51-47-43-39-35-31-27-23-19-15-11-7-3/h84H,5-79H2,1-4H3,(H,85,91)(H,86,92)(H,87,93)(H,88,94). The minimum atomic E-state index is 0.0966. The van der Waals surface area contributed by atoms with Crippen LogP contribution in [0.25, 0.3) is 0 Å². The van der Waals surface area contributed by atoms with Crippen LogP contribution in [0.1, 0.15) is 432 Å². The Kier molecular flexibility index (Phi) is 77.8. The quantitative estimate of drug-likeness (QED) is 0.0383. The Morgan fingerprint density at radius 3 is 0.596 bits per heavy atom. The first-order valence-corrected chi connectivity index (χ1v) is 42.6. The van der Waals surface area contributed by atoms with Crippen LogP contribution in [0.4, 0.5) is 0 Å². The van der Waals surface area contributed by atoms with Crippen molar-refractivity contribution in [1.29, 1.82) is 0 Å². The molecule has 0 unspecified atom stereocenters. The lowest BCUT2D eigenvalue weighted by Gasteiger charge is -2.28. The summed E-state index contributed by atoms with van der Waals surface area (Å²) in [6.07, 6.45) is 79.3. The molecule has 0 atom stereocenters. The highest BCUT2D eigenvalue weighted by molar-refractivity contribution is 5.77. The van der Waals surface area contributed by atoms with Gasteiger partial charge in [-0.25, -0.2) is 0 Å². The van der Waals surface area contributed by atoms with Gasteiger partial charge < -0.3 is 36.4 Å². The smallest absolute Gasteiger partial charge is 0.221 e. The second-order valence-corrected chi connectivity index (χ2v) is 29.3. The van der Waals surface area contributed by atoms with E-state index in [1.807, 2.05) is 0 Å². The molecule has 558 valence electrons. The Balaban J connectivity index is 5.17. The largest absolute Gasteiger partial charge is 0.356 e. The molecule has 0 aliphatic carbocycles. The van der Waals surface area contributed by atoms with E-state index in [-0.39, 0.29) is 23.6 Å². The molecule has 0 aliphatic rings. The zero-order chi connectivity index (χ0) is 68.0. The van der Waals surface area contributed by atoms with Crippen molar-refractivity contribution >= 4 is 23.6 Å². The molecule has 11 nitrogen and oxygen atoms in total. The molecule has 0 radical (unpaired) electrons. The minimum Gasteiger partial charge on any atom is -0.356 e. The van der Waals surface area contributed by atoms with Crippen molar-refractivity contribution in [3.05, 3.63) is 0 Å². The molecule has 0 saturated carbocycles. The molecule has 0 saturated heterocycles. The molecule has 11 heteroatoms. The third kappa shape index (κ3) is 75.5. The first-order chi connectivity index (χ1) is 46.4. The average molecular weight is 1330 g/mol. The highest BCUT2D eigenvalue weighted by Gasteiger charge is 2.15. The second kappa shape index (κ2) is 79.7. The van der Waals surface area contributed by atoms with E-state index in [4.69, 9.17) is 0 Å². The van der Waals surface area contributed by atoms with Crippen LogP contribution < -0.4 is 26.6 Å². The molecule has 0 aromatic heterocycles. The summed E-state index contributed by atoms with van der Waals surface area (Å²) >= 11 is 0. The van der Waals surface area contributed by atoms with E-state index < -0.39 is 0 Å². The summed E-state index contributed by atoms with van der Waals surface area (Å²) in [7, 11) is 0. The minimum absolute atomic E-state index is 0.0966. The van der Waals surface area contributed by atoms with Gasteiger partial charge in [0.2, 0.25) is 23.6 Å². The molecule has 0 aromatic rings. The first-order valence-electron chi connectivity index (χ1n) is 42.6. The van der Waals surface area contributed by atoms with E-state index in [1.54, 1.807) is 0 Å². The summed E-state index contributed by atoms with van der Waals surface area (Å²) in [5.41, 5.74) is 0. The molecule has 0 fully saturated rings. The van der Waals surface area contributed by atoms with Gasteiger partial charge in [-0.15, -0.1) is 0 Å². The third-order valence-corrected chi connectivity index (χ3v) is 20.0. The zero-order valence-corrected chi connectivity index (χ0v) is 64.1. The number of rotatable bonds is 81. The summed E-state index contributed by atoms with van der Waals surface area (Å²) < 4.78 is 0. The number of nitrogens with zero attached hydrogens (tertiary/aromatic N) is 2. The summed E-state index contributed by atoms with van der Waals surface area (Å²) in [4.78, 5) is 57.2. The van der Waals surface area contributed by atoms with E-state index >= 15 is 0 Å². The fourth-order valence-corrected chi connectivity index (χ4v) is 13.4. The van der Waals surface area contributed by atoms with Gasteiger partial charge in [-0.05, 0) is 45.1 Å². The summed E-state index contributed by atoms with van der Waals surface area (Å²) in [6, 6.07) is 0. The van der Waals surface area contributed by atoms with Crippen molar-refractivity contribution in [2.75, 3.05) is 78.5 Å². The molecule has 0 spiro atoms. The van der Waals surface area contributed by atoms with Crippen LogP contribution in [0.5, 0.6) is 0 Å². The Labute approximate surface area is 587 Å². The molecular weight excluding hydrogens is 1160 g/mol. The molecular formula is C83H167N7O4. The topological polar surface area (TPSA) is 135 Å². The Hall–Kier alpha value is -2.24. The predicted molar refractivity (Wildman–Crippen MR) is 411 cm³/mol. The van der Waals surface area contributed by atoms with Crippen molar-refractivity contribution in [2.45, 2.75) is 432 Å². The molecule has 0 aliphatic heterocycles. The van der Waals surface area contributed by atoms with Crippen LogP contribution >= 0.6 is 0 Å². The number of hydrogen-bond donors (Lipinski definition) is 5. The Morgan fingerprint density at radius 2 is 0.362 bits per heavy atom. The highest BCUT2D eigenvalue weighted by atomic mass is 16.2. The number of unbranched alkanes of at least 4 members (excludes halogenated alkanes) is 54. The van der Waals surface area contributed by atoms with Crippen LogP contribution in [-0.2, 0) is 19.2 Å². The van der Waals surface area contributed by atoms with Gasteiger partial charge in [-0.3, -0.25) is 19.2 Å². The lowest BCUT2D eigenvalue weighted by atomic mass is 10.0. The monoisotopic (exact) mass is 1330 g/mol. The summed E-state index contributed by atoms with van der Waals surface area (Å²) in [5.74, 6) is 0.510. The maximum atomic E-state index is 13.3. The number of hydrogen-bond acceptors (Lipinski definition) is 7. The second-order valence-electron chi connectivity index (χ2n) is 29.3. The van der Waals surface area contributed by atoms with E-state index in [9.17, 15) is 19.2 Å². The zero-order valence-electron chi connectivity index (χ0n) is 64.1. The van der Waals surface area contributed by atoms with Gasteiger partial charge in [0, 0.05) is 97.7 Å². The molecule has 0 rings (SSSR count). The molecule has 5 N–H and O–H groups in total. The van der Waals surface area contributed by atoms with Crippen molar-refractivity contribution in [3.8, 4) is 0 Å². The average Bonchev–Trinajstić information content (AvgIpc) is 3.66. The Morgan fingerprint density at radius 1 is 0.181 bits per heavy atom. The van der Waals surface area contributed by atoms with Gasteiger partial charge in [0.25, 0.3) is 0 Å². The fourth-order valence-electron chi connectivity index (χ4n) is 13.4. The van der Waals surface area contributed by atoms with Gasteiger partial charge >= 0.3 is 0 Å². The van der Waals surface area contributed by atoms with Crippen LogP contribution in [0, 0.1) is 0 Å². The van der Waals surface area contributed by atoms with Crippen molar-refractivity contribution in [2.24, 2.45) is 0 Å². The van der Waals surface area contributed by atoms with Gasteiger partial charge in [0.1, 0.15) is 0 Å². The highest BCUT2D eigenvalue weighted by Crippen LogP contribution is 2.18. The van der Waals surface area contributed by atoms with Crippen LogP contribution in [0.2, 0.25) is 0 Å². The third-order valence-electron chi connectivity index (χ3n) is 20.0. The van der Waals surface area contributed by atoms with Crippen molar-refractivity contribution in [3.63, 3.8) is 0 Å². The van der Waals surface area contributed by atoms with Gasteiger partial charge in [0.05, 0.1) is 0 Å². The van der Waals surface area contributed by atoms with E-state index in [0.717, 1.165) is 104 Å². The fraction of sp³-hybridized carbons (Fsp3) is 0.952. The van der Waals surface area contributed by atoms with E-state index in [1.165, 1.54) is 334 Å².